The fourth-order valence-electron chi connectivity index (χ4n) is 2.04. The molecule has 0 aromatic heterocycles. The second-order valence-corrected chi connectivity index (χ2v) is 5.21. The van der Waals surface area contributed by atoms with Crippen molar-refractivity contribution in [2.45, 2.75) is 26.2 Å². The average molecular weight is 308 g/mol. The van der Waals surface area contributed by atoms with Gasteiger partial charge in [-0.1, -0.05) is 25.5 Å². The Morgan fingerprint density at radius 1 is 1.13 bits per heavy atom. The summed E-state index contributed by atoms with van der Waals surface area (Å²) in [4.78, 5) is 12.2. The highest BCUT2D eigenvalue weighted by molar-refractivity contribution is 6.04. The number of nitrogens with one attached hydrogen (secondary N) is 1. The molecule has 0 bridgehead atoms. The molecule has 2 aromatic carbocycles. The quantitative estimate of drug-likeness (QED) is 0.780. The summed E-state index contributed by atoms with van der Waals surface area (Å²) >= 11 is 0. The maximum absolute atomic E-state index is 12.2. The third kappa shape index (κ3) is 5.15. The number of carbonyl (C=O) groups is 1. The Kier molecular flexibility index (Phi) is 6.19. The molecule has 0 aliphatic heterocycles. The molecule has 0 radical (unpaired) electrons. The van der Waals surface area contributed by atoms with Crippen molar-refractivity contribution in [3.8, 4) is 11.8 Å². The molecule has 0 saturated carbocycles. The molecule has 0 atom stereocenters. The molecule has 0 aliphatic carbocycles. The molecule has 118 valence electrons. The van der Waals surface area contributed by atoms with E-state index >= 15 is 0 Å². The molecule has 0 saturated heterocycles. The third-order valence-electron chi connectivity index (χ3n) is 3.38. The fourth-order valence-corrected chi connectivity index (χ4v) is 2.04. The largest absolute Gasteiger partial charge is 0.494 e. The van der Waals surface area contributed by atoms with Crippen LogP contribution in [0.4, 0.5) is 5.69 Å². The number of unbranched alkanes of at least 4 members (excludes halogenated alkanes) is 1. The van der Waals surface area contributed by atoms with Crippen LogP contribution < -0.4 is 10.1 Å². The Morgan fingerprint density at radius 3 is 2.43 bits per heavy atom. The van der Waals surface area contributed by atoms with Crippen molar-refractivity contribution in [1.29, 1.82) is 5.26 Å². The molecule has 0 heterocycles. The Hall–Kier alpha value is -2.80. The minimum atomic E-state index is -0.173. The van der Waals surface area contributed by atoms with Crippen molar-refractivity contribution in [2.75, 3.05) is 11.9 Å². The molecule has 1 amide bonds. The number of rotatable bonds is 7. The smallest absolute Gasteiger partial charge is 0.255 e. The summed E-state index contributed by atoms with van der Waals surface area (Å²) in [6.45, 7) is 2.83. The molecule has 4 heteroatoms. The van der Waals surface area contributed by atoms with Gasteiger partial charge in [0.25, 0.3) is 5.91 Å². The summed E-state index contributed by atoms with van der Waals surface area (Å²) in [6.07, 6.45) is 2.48. The van der Waals surface area contributed by atoms with Gasteiger partial charge in [-0.25, -0.2) is 0 Å². The van der Waals surface area contributed by atoms with Crippen LogP contribution in [0.15, 0.2) is 48.5 Å². The first kappa shape index (κ1) is 16.6. The lowest BCUT2D eigenvalue weighted by Crippen LogP contribution is -2.11. The molecule has 23 heavy (non-hydrogen) atoms. The van der Waals surface area contributed by atoms with Gasteiger partial charge in [-0.3, -0.25) is 4.79 Å². The molecule has 4 nitrogen and oxygen atoms in total. The number of benzene rings is 2. The summed E-state index contributed by atoms with van der Waals surface area (Å²) in [7, 11) is 0. The number of nitrogens with zero attached hydrogens (tertiary/aromatic N) is 1. The first-order valence-electron chi connectivity index (χ1n) is 7.73. The zero-order valence-electron chi connectivity index (χ0n) is 13.2. The molecule has 0 aliphatic rings. The van der Waals surface area contributed by atoms with E-state index in [0.29, 0.717) is 18.6 Å². The fraction of sp³-hybridized carbons (Fsp3) is 0.263. The molecule has 2 aromatic rings. The zero-order chi connectivity index (χ0) is 16.5. The molecule has 0 unspecified atom stereocenters. The number of ether oxygens (including phenoxy) is 1. The van der Waals surface area contributed by atoms with Crippen molar-refractivity contribution in [1.82, 2.24) is 0 Å². The van der Waals surface area contributed by atoms with Gasteiger partial charge in [0.15, 0.2) is 0 Å². The van der Waals surface area contributed by atoms with Gasteiger partial charge in [0.2, 0.25) is 0 Å². The van der Waals surface area contributed by atoms with E-state index in [1.54, 1.807) is 24.3 Å². The number of hydrogen-bond donors (Lipinski definition) is 1. The molecule has 0 spiro atoms. The van der Waals surface area contributed by atoms with E-state index in [4.69, 9.17) is 10.00 Å². The monoisotopic (exact) mass is 308 g/mol. The van der Waals surface area contributed by atoms with E-state index in [-0.39, 0.29) is 5.91 Å². The van der Waals surface area contributed by atoms with Gasteiger partial charge in [0, 0.05) is 11.3 Å². The lowest BCUT2D eigenvalue weighted by molar-refractivity contribution is 0.102. The van der Waals surface area contributed by atoms with E-state index < -0.39 is 0 Å². The SMILES string of the molecule is CCCCOc1ccc(NC(=O)c2ccc(CC#N)cc2)cc1. The van der Waals surface area contributed by atoms with Crippen LogP contribution in [0.5, 0.6) is 5.75 Å². The third-order valence-corrected chi connectivity index (χ3v) is 3.38. The normalized spacial score (nSPS) is 9.91. The van der Waals surface area contributed by atoms with Gasteiger partial charge < -0.3 is 10.1 Å². The maximum atomic E-state index is 12.2. The molecule has 0 fully saturated rings. The van der Waals surface area contributed by atoms with Crippen LogP contribution in [0.25, 0.3) is 0 Å². The van der Waals surface area contributed by atoms with Crippen LogP contribution in [0, 0.1) is 11.3 Å². The van der Waals surface area contributed by atoms with E-state index in [9.17, 15) is 4.79 Å². The molecule has 2 rings (SSSR count). The zero-order valence-corrected chi connectivity index (χ0v) is 13.2. The van der Waals surface area contributed by atoms with E-state index in [2.05, 4.69) is 18.3 Å². The van der Waals surface area contributed by atoms with Crippen LogP contribution in [0.2, 0.25) is 0 Å². The van der Waals surface area contributed by atoms with Gasteiger partial charge in [-0.05, 0) is 48.4 Å². The molecular formula is C19H20N2O2. The predicted molar refractivity (Wildman–Crippen MR) is 90.6 cm³/mol. The highest BCUT2D eigenvalue weighted by Crippen LogP contribution is 2.17. The summed E-state index contributed by atoms with van der Waals surface area (Å²) in [6, 6.07) is 16.5. The number of nitriles is 1. The van der Waals surface area contributed by atoms with E-state index in [1.165, 1.54) is 0 Å². The average Bonchev–Trinajstić information content (AvgIpc) is 2.57. The van der Waals surface area contributed by atoms with Crippen LogP contribution >= 0.6 is 0 Å². The van der Waals surface area contributed by atoms with E-state index in [1.807, 2.05) is 24.3 Å². The predicted octanol–water partition coefficient (Wildman–Crippen LogP) is 4.18. The minimum Gasteiger partial charge on any atom is -0.494 e. The molecular weight excluding hydrogens is 288 g/mol. The Balaban J connectivity index is 1.93. The minimum absolute atomic E-state index is 0.173. The van der Waals surface area contributed by atoms with Gasteiger partial charge in [0.1, 0.15) is 5.75 Å². The number of hydrogen-bond acceptors (Lipinski definition) is 3. The lowest BCUT2D eigenvalue weighted by Gasteiger charge is -2.08. The van der Waals surface area contributed by atoms with Crippen molar-refractivity contribution in [3.05, 3.63) is 59.7 Å². The first-order chi connectivity index (χ1) is 11.2. The standard InChI is InChI=1S/C19H20N2O2/c1-2-3-14-23-18-10-8-17(9-11-18)21-19(22)16-6-4-15(5-7-16)12-13-20/h4-11H,2-3,12,14H2,1H3,(H,21,22). The summed E-state index contributed by atoms with van der Waals surface area (Å²) in [5, 5.41) is 11.5. The van der Waals surface area contributed by atoms with Gasteiger partial charge >= 0.3 is 0 Å². The molecule has 1 N–H and O–H groups in total. The van der Waals surface area contributed by atoms with Crippen molar-refractivity contribution in [3.63, 3.8) is 0 Å². The first-order valence-corrected chi connectivity index (χ1v) is 7.73. The maximum Gasteiger partial charge on any atom is 0.255 e. The van der Waals surface area contributed by atoms with Crippen LogP contribution in [-0.4, -0.2) is 12.5 Å². The second-order valence-electron chi connectivity index (χ2n) is 5.21. The van der Waals surface area contributed by atoms with Crippen LogP contribution in [0.1, 0.15) is 35.7 Å². The van der Waals surface area contributed by atoms with E-state index in [0.717, 1.165) is 29.8 Å². The highest BCUT2D eigenvalue weighted by Gasteiger charge is 2.06. The number of amides is 1. The van der Waals surface area contributed by atoms with Gasteiger partial charge in [0.05, 0.1) is 19.1 Å². The Bertz CT molecular complexity index is 670. The summed E-state index contributed by atoms with van der Waals surface area (Å²) in [5.41, 5.74) is 2.19. The van der Waals surface area contributed by atoms with Gasteiger partial charge in [-0.15, -0.1) is 0 Å². The number of anilines is 1. The summed E-state index contributed by atoms with van der Waals surface area (Å²) in [5.74, 6) is 0.630. The lowest BCUT2D eigenvalue weighted by atomic mass is 10.1. The van der Waals surface area contributed by atoms with Crippen molar-refractivity contribution >= 4 is 11.6 Å². The topological polar surface area (TPSA) is 62.1 Å². The van der Waals surface area contributed by atoms with Gasteiger partial charge in [-0.2, -0.15) is 5.26 Å². The summed E-state index contributed by atoms with van der Waals surface area (Å²) < 4.78 is 5.59. The highest BCUT2D eigenvalue weighted by atomic mass is 16.5. The Morgan fingerprint density at radius 2 is 1.83 bits per heavy atom. The van der Waals surface area contributed by atoms with Crippen molar-refractivity contribution in [2.24, 2.45) is 0 Å². The number of carbonyl (C=O) groups excluding carboxylic acids is 1. The van der Waals surface area contributed by atoms with Crippen molar-refractivity contribution < 1.29 is 9.53 Å². The second kappa shape index (κ2) is 8.60. The van der Waals surface area contributed by atoms with Crippen LogP contribution in [-0.2, 0) is 6.42 Å². The van der Waals surface area contributed by atoms with Crippen LogP contribution in [0.3, 0.4) is 0 Å². The Labute approximate surface area is 136 Å².